The van der Waals surface area contributed by atoms with Gasteiger partial charge in [-0.15, -0.1) is 10.2 Å². The topological polar surface area (TPSA) is 81.1 Å². The molecule has 1 fully saturated rings. The molecular weight excluding hydrogens is 306 g/mol. The number of alkyl carbamates (subject to hydrolysis) is 1. The average molecular weight is 329 g/mol. The van der Waals surface area contributed by atoms with Crippen molar-refractivity contribution in [2.75, 3.05) is 0 Å². The molecule has 0 radical (unpaired) electrons. The molecule has 1 aromatic heterocycles. The Balaban J connectivity index is 1.31. The molecule has 1 saturated carbocycles. The van der Waals surface area contributed by atoms with Crippen molar-refractivity contribution >= 4 is 6.09 Å². The van der Waals surface area contributed by atoms with Gasteiger partial charge < -0.3 is 19.9 Å². The Morgan fingerprint density at radius 2 is 2.08 bits per heavy atom. The maximum atomic E-state index is 11.8. The first-order valence-electron chi connectivity index (χ1n) is 8.32. The van der Waals surface area contributed by atoms with E-state index in [1.165, 1.54) is 0 Å². The van der Waals surface area contributed by atoms with Gasteiger partial charge in [-0.25, -0.2) is 4.79 Å². The number of aromatic nitrogens is 3. The molecule has 2 N–H and O–H groups in total. The van der Waals surface area contributed by atoms with E-state index in [0.29, 0.717) is 19.2 Å². The molecule has 0 unspecified atom stereocenters. The van der Waals surface area contributed by atoms with Gasteiger partial charge >= 0.3 is 6.09 Å². The van der Waals surface area contributed by atoms with E-state index in [1.807, 2.05) is 34.9 Å². The number of carbonyl (C=O) groups is 1. The SMILES string of the molecule is CCn1cnnc1CNC1CC(NC(=O)OCc2ccccc2)C1. The van der Waals surface area contributed by atoms with Gasteiger partial charge in [0.05, 0.1) is 6.54 Å². The van der Waals surface area contributed by atoms with E-state index in [1.54, 1.807) is 6.33 Å². The van der Waals surface area contributed by atoms with E-state index < -0.39 is 0 Å². The zero-order chi connectivity index (χ0) is 16.8. The van der Waals surface area contributed by atoms with Crippen LogP contribution in [0.25, 0.3) is 0 Å². The predicted octanol–water partition coefficient (Wildman–Crippen LogP) is 1.84. The molecule has 1 aliphatic carbocycles. The van der Waals surface area contributed by atoms with Gasteiger partial charge in [0.15, 0.2) is 0 Å². The number of amides is 1. The molecule has 0 spiro atoms. The smallest absolute Gasteiger partial charge is 0.407 e. The summed E-state index contributed by atoms with van der Waals surface area (Å²) < 4.78 is 7.24. The lowest BCUT2D eigenvalue weighted by atomic mass is 9.87. The minimum absolute atomic E-state index is 0.176. The second-order valence-corrected chi connectivity index (χ2v) is 5.99. The quantitative estimate of drug-likeness (QED) is 0.810. The van der Waals surface area contributed by atoms with Crippen molar-refractivity contribution in [2.45, 2.75) is 51.5 Å². The lowest BCUT2D eigenvalue weighted by Gasteiger charge is -2.36. The molecule has 0 saturated heterocycles. The van der Waals surface area contributed by atoms with E-state index in [0.717, 1.165) is 30.8 Å². The first-order valence-corrected chi connectivity index (χ1v) is 8.32. The van der Waals surface area contributed by atoms with Gasteiger partial charge in [-0.3, -0.25) is 0 Å². The summed E-state index contributed by atoms with van der Waals surface area (Å²) in [6.45, 7) is 3.93. The average Bonchev–Trinajstić information content (AvgIpc) is 3.03. The number of rotatable bonds is 7. The van der Waals surface area contributed by atoms with Crippen molar-refractivity contribution in [3.63, 3.8) is 0 Å². The van der Waals surface area contributed by atoms with Gasteiger partial charge in [-0.05, 0) is 25.3 Å². The van der Waals surface area contributed by atoms with Crippen LogP contribution in [0.3, 0.4) is 0 Å². The van der Waals surface area contributed by atoms with E-state index in [9.17, 15) is 4.79 Å². The lowest BCUT2D eigenvalue weighted by Crippen LogP contribution is -2.52. The summed E-state index contributed by atoms with van der Waals surface area (Å²) in [7, 11) is 0. The Hall–Kier alpha value is -2.41. The molecule has 7 heteroatoms. The molecule has 3 rings (SSSR count). The summed E-state index contributed by atoms with van der Waals surface area (Å²) in [6.07, 6.45) is 3.19. The highest BCUT2D eigenvalue weighted by Gasteiger charge is 2.30. The number of nitrogens with zero attached hydrogens (tertiary/aromatic N) is 3. The summed E-state index contributed by atoms with van der Waals surface area (Å²) in [6, 6.07) is 10.2. The minimum Gasteiger partial charge on any atom is -0.445 e. The molecule has 1 aliphatic rings. The Bertz CT molecular complexity index is 652. The zero-order valence-electron chi connectivity index (χ0n) is 13.8. The monoisotopic (exact) mass is 329 g/mol. The standard InChI is InChI=1S/C17H23N5O2/c1-2-22-12-19-21-16(22)10-18-14-8-15(9-14)20-17(23)24-11-13-6-4-3-5-7-13/h3-7,12,14-15,18H,2,8-11H2,1H3,(H,20,23). The van der Waals surface area contributed by atoms with Crippen LogP contribution in [0.1, 0.15) is 31.2 Å². The minimum atomic E-state index is -0.354. The van der Waals surface area contributed by atoms with Crippen LogP contribution >= 0.6 is 0 Å². The highest BCUT2D eigenvalue weighted by molar-refractivity contribution is 5.67. The van der Waals surface area contributed by atoms with Crippen LogP contribution in [0.4, 0.5) is 4.79 Å². The van der Waals surface area contributed by atoms with Crippen LogP contribution in [-0.2, 0) is 24.4 Å². The fraction of sp³-hybridized carbons (Fsp3) is 0.471. The predicted molar refractivity (Wildman–Crippen MR) is 89.1 cm³/mol. The molecule has 0 atom stereocenters. The third-order valence-electron chi connectivity index (χ3n) is 4.26. The molecule has 0 bridgehead atoms. The second kappa shape index (κ2) is 7.92. The second-order valence-electron chi connectivity index (χ2n) is 5.99. The third-order valence-corrected chi connectivity index (χ3v) is 4.26. The van der Waals surface area contributed by atoms with Crippen LogP contribution in [0.15, 0.2) is 36.7 Å². The molecule has 1 amide bonds. The van der Waals surface area contributed by atoms with Crippen molar-refractivity contribution in [3.8, 4) is 0 Å². The van der Waals surface area contributed by atoms with Gasteiger partial charge in [-0.2, -0.15) is 0 Å². The number of ether oxygens (including phenoxy) is 1. The van der Waals surface area contributed by atoms with E-state index >= 15 is 0 Å². The van der Waals surface area contributed by atoms with Crippen LogP contribution < -0.4 is 10.6 Å². The van der Waals surface area contributed by atoms with Gasteiger partial charge in [0.1, 0.15) is 18.8 Å². The molecule has 7 nitrogen and oxygen atoms in total. The summed E-state index contributed by atoms with van der Waals surface area (Å²) in [5.41, 5.74) is 0.987. The molecule has 1 aromatic carbocycles. The van der Waals surface area contributed by atoms with E-state index in [-0.39, 0.29) is 12.1 Å². The fourth-order valence-corrected chi connectivity index (χ4v) is 2.75. The molecule has 1 heterocycles. The normalized spacial score (nSPS) is 19.5. The molecular formula is C17H23N5O2. The van der Waals surface area contributed by atoms with Crippen molar-refractivity contribution in [1.29, 1.82) is 0 Å². The van der Waals surface area contributed by atoms with Crippen LogP contribution in [0.2, 0.25) is 0 Å². The Kier molecular flexibility index (Phi) is 5.43. The highest BCUT2D eigenvalue weighted by atomic mass is 16.5. The number of hydrogen-bond acceptors (Lipinski definition) is 5. The van der Waals surface area contributed by atoms with Gasteiger partial charge in [0, 0.05) is 18.6 Å². The first-order chi connectivity index (χ1) is 11.7. The first kappa shape index (κ1) is 16.4. The number of nitrogens with one attached hydrogen (secondary N) is 2. The number of hydrogen-bond donors (Lipinski definition) is 2. The Morgan fingerprint density at radius 1 is 1.29 bits per heavy atom. The largest absolute Gasteiger partial charge is 0.445 e. The summed E-state index contributed by atoms with van der Waals surface area (Å²) in [5, 5.41) is 14.4. The highest BCUT2D eigenvalue weighted by Crippen LogP contribution is 2.20. The fourth-order valence-electron chi connectivity index (χ4n) is 2.75. The zero-order valence-corrected chi connectivity index (χ0v) is 13.8. The Morgan fingerprint density at radius 3 is 2.83 bits per heavy atom. The van der Waals surface area contributed by atoms with E-state index in [2.05, 4.69) is 27.8 Å². The molecule has 0 aliphatic heterocycles. The summed E-state index contributed by atoms with van der Waals surface area (Å²) in [4.78, 5) is 11.8. The summed E-state index contributed by atoms with van der Waals surface area (Å²) >= 11 is 0. The maximum Gasteiger partial charge on any atom is 0.407 e. The van der Waals surface area contributed by atoms with Gasteiger partial charge in [0.25, 0.3) is 0 Å². The van der Waals surface area contributed by atoms with E-state index in [4.69, 9.17) is 4.74 Å². The Labute approximate surface area is 141 Å². The molecule has 2 aromatic rings. The van der Waals surface area contributed by atoms with Crippen molar-refractivity contribution in [1.82, 2.24) is 25.4 Å². The lowest BCUT2D eigenvalue weighted by molar-refractivity contribution is 0.125. The summed E-state index contributed by atoms with van der Waals surface area (Å²) in [5.74, 6) is 0.941. The van der Waals surface area contributed by atoms with Crippen molar-refractivity contribution in [2.24, 2.45) is 0 Å². The van der Waals surface area contributed by atoms with Gasteiger partial charge in [0.2, 0.25) is 0 Å². The van der Waals surface area contributed by atoms with Gasteiger partial charge in [-0.1, -0.05) is 30.3 Å². The van der Waals surface area contributed by atoms with Crippen LogP contribution in [0.5, 0.6) is 0 Å². The number of carbonyl (C=O) groups excluding carboxylic acids is 1. The molecule has 128 valence electrons. The number of aryl methyl sites for hydroxylation is 1. The maximum absolute atomic E-state index is 11.8. The van der Waals surface area contributed by atoms with Crippen molar-refractivity contribution in [3.05, 3.63) is 48.0 Å². The van der Waals surface area contributed by atoms with Crippen molar-refractivity contribution < 1.29 is 9.53 Å². The third kappa shape index (κ3) is 4.32. The van der Waals surface area contributed by atoms with Crippen LogP contribution in [0, 0.1) is 0 Å². The molecule has 24 heavy (non-hydrogen) atoms. The van der Waals surface area contributed by atoms with Crippen LogP contribution in [-0.4, -0.2) is 32.9 Å². The number of benzene rings is 1.